The van der Waals surface area contributed by atoms with Gasteiger partial charge in [-0.15, -0.1) is 0 Å². The van der Waals surface area contributed by atoms with Crippen molar-refractivity contribution in [3.8, 4) is 5.75 Å². The number of rotatable bonds is 10. The summed E-state index contributed by atoms with van der Waals surface area (Å²) in [6, 6.07) is 5.50. The topological polar surface area (TPSA) is 105 Å². The number of aliphatic carboxylic acids is 1. The zero-order chi connectivity index (χ0) is 23.2. The molecule has 4 heterocycles. The van der Waals surface area contributed by atoms with Crippen LogP contribution in [0.25, 0.3) is 0 Å². The van der Waals surface area contributed by atoms with Gasteiger partial charge in [0.25, 0.3) is 0 Å². The Bertz CT molecular complexity index is 996. The monoisotopic (exact) mass is 452 g/mol. The quantitative estimate of drug-likeness (QED) is 0.567. The molecule has 176 valence electrons. The van der Waals surface area contributed by atoms with Gasteiger partial charge in [-0.2, -0.15) is 0 Å². The summed E-state index contributed by atoms with van der Waals surface area (Å²) < 4.78 is 5.52. The molecule has 2 N–H and O–H groups in total. The SMILES string of the molecule is CCOc1cncc([C@H](CC(=O)O)N2CCC(CCCc3ccc4c(n3)NCCC4)C2=O)c1. The molecular weight excluding hydrogens is 420 g/mol. The summed E-state index contributed by atoms with van der Waals surface area (Å²) in [5.41, 5.74) is 3.02. The van der Waals surface area contributed by atoms with E-state index in [1.807, 2.05) is 6.92 Å². The summed E-state index contributed by atoms with van der Waals surface area (Å²) in [4.78, 5) is 35.4. The molecule has 1 amide bonds. The summed E-state index contributed by atoms with van der Waals surface area (Å²) in [7, 11) is 0. The summed E-state index contributed by atoms with van der Waals surface area (Å²) in [6.45, 7) is 3.90. The van der Waals surface area contributed by atoms with Gasteiger partial charge in [0.1, 0.15) is 11.6 Å². The Balaban J connectivity index is 1.38. The first-order valence-corrected chi connectivity index (χ1v) is 11.9. The number of aryl methyl sites for hydroxylation is 2. The number of ether oxygens (including phenoxy) is 1. The summed E-state index contributed by atoms with van der Waals surface area (Å²) in [5, 5.41) is 12.8. The van der Waals surface area contributed by atoms with Gasteiger partial charge in [0.15, 0.2) is 0 Å². The highest BCUT2D eigenvalue weighted by atomic mass is 16.5. The van der Waals surface area contributed by atoms with Crippen LogP contribution >= 0.6 is 0 Å². The molecule has 0 spiro atoms. The highest BCUT2D eigenvalue weighted by Gasteiger charge is 2.37. The van der Waals surface area contributed by atoms with Crippen LogP contribution in [0.15, 0.2) is 30.6 Å². The molecule has 1 fully saturated rings. The molecule has 2 aromatic rings. The number of nitrogens with zero attached hydrogens (tertiary/aromatic N) is 3. The lowest BCUT2D eigenvalue weighted by atomic mass is 9.98. The molecule has 2 atom stereocenters. The van der Waals surface area contributed by atoms with Crippen molar-refractivity contribution in [3.05, 3.63) is 47.4 Å². The summed E-state index contributed by atoms with van der Waals surface area (Å²) in [6.07, 6.45) is 8.52. The van der Waals surface area contributed by atoms with Crippen molar-refractivity contribution in [2.75, 3.05) is 25.0 Å². The second-order valence-electron chi connectivity index (χ2n) is 8.75. The first-order chi connectivity index (χ1) is 16.0. The Morgan fingerprint density at radius 2 is 2.24 bits per heavy atom. The van der Waals surface area contributed by atoms with Gasteiger partial charge in [-0.3, -0.25) is 14.6 Å². The molecule has 2 aliphatic heterocycles. The molecule has 4 rings (SSSR count). The minimum absolute atomic E-state index is 0.0307. The number of carboxylic acids is 1. The Kier molecular flexibility index (Phi) is 7.42. The van der Waals surface area contributed by atoms with Gasteiger partial charge in [-0.1, -0.05) is 6.07 Å². The van der Waals surface area contributed by atoms with Crippen molar-refractivity contribution in [2.45, 2.75) is 57.9 Å². The average molecular weight is 453 g/mol. The maximum atomic E-state index is 13.2. The Labute approximate surface area is 194 Å². The zero-order valence-corrected chi connectivity index (χ0v) is 19.1. The number of nitrogens with one attached hydrogen (secondary N) is 1. The molecule has 0 radical (unpaired) electrons. The number of hydrogen-bond donors (Lipinski definition) is 2. The Hall–Kier alpha value is -3.16. The van der Waals surface area contributed by atoms with Crippen LogP contribution in [0.1, 0.15) is 61.9 Å². The third-order valence-electron chi connectivity index (χ3n) is 6.46. The number of amides is 1. The number of carboxylic acid groups (broad SMARTS) is 1. The van der Waals surface area contributed by atoms with E-state index in [-0.39, 0.29) is 18.2 Å². The highest BCUT2D eigenvalue weighted by Crippen LogP contribution is 2.34. The smallest absolute Gasteiger partial charge is 0.305 e. The molecule has 0 saturated carbocycles. The van der Waals surface area contributed by atoms with Crippen molar-refractivity contribution < 1.29 is 19.4 Å². The van der Waals surface area contributed by atoms with Crippen molar-refractivity contribution in [1.82, 2.24) is 14.9 Å². The largest absolute Gasteiger partial charge is 0.492 e. The van der Waals surface area contributed by atoms with Gasteiger partial charge in [0.05, 0.1) is 25.3 Å². The van der Waals surface area contributed by atoms with Gasteiger partial charge in [-0.05, 0) is 68.7 Å². The first kappa shape index (κ1) is 23.0. The molecule has 8 heteroatoms. The van der Waals surface area contributed by atoms with E-state index in [4.69, 9.17) is 9.72 Å². The number of likely N-dealkylation sites (tertiary alicyclic amines) is 1. The van der Waals surface area contributed by atoms with E-state index >= 15 is 0 Å². The predicted molar refractivity (Wildman–Crippen MR) is 124 cm³/mol. The van der Waals surface area contributed by atoms with Crippen molar-refractivity contribution >= 4 is 17.7 Å². The average Bonchev–Trinajstić information content (AvgIpc) is 3.17. The fourth-order valence-corrected chi connectivity index (χ4v) is 4.81. The fraction of sp³-hybridized carbons (Fsp3) is 0.520. The number of pyridine rings is 2. The number of fused-ring (bicyclic) bond motifs is 1. The Morgan fingerprint density at radius 1 is 1.36 bits per heavy atom. The third-order valence-corrected chi connectivity index (χ3v) is 6.46. The van der Waals surface area contributed by atoms with Gasteiger partial charge in [0, 0.05) is 30.9 Å². The van der Waals surface area contributed by atoms with E-state index in [2.05, 4.69) is 22.4 Å². The fourth-order valence-electron chi connectivity index (χ4n) is 4.81. The van der Waals surface area contributed by atoms with E-state index in [0.29, 0.717) is 24.5 Å². The molecule has 2 aliphatic rings. The maximum Gasteiger partial charge on any atom is 0.305 e. The molecule has 33 heavy (non-hydrogen) atoms. The molecular formula is C25H32N4O4. The van der Waals surface area contributed by atoms with Gasteiger partial charge in [0.2, 0.25) is 5.91 Å². The van der Waals surface area contributed by atoms with Crippen LogP contribution in [0.5, 0.6) is 5.75 Å². The van der Waals surface area contributed by atoms with Crippen LogP contribution in [0, 0.1) is 5.92 Å². The number of hydrogen-bond acceptors (Lipinski definition) is 6. The summed E-state index contributed by atoms with van der Waals surface area (Å²) in [5.74, 6) is 0.593. The lowest BCUT2D eigenvalue weighted by molar-refractivity contribution is -0.140. The van der Waals surface area contributed by atoms with Gasteiger partial charge >= 0.3 is 5.97 Å². The second-order valence-corrected chi connectivity index (χ2v) is 8.75. The van der Waals surface area contributed by atoms with E-state index in [1.165, 1.54) is 5.56 Å². The minimum atomic E-state index is -0.940. The van der Waals surface area contributed by atoms with Gasteiger partial charge < -0.3 is 20.1 Å². The zero-order valence-electron chi connectivity index (χ0n) is 19.1. The van der Waals surface area contributed by atoms with Crippen molar-refractivity contribution in [2.24, 2.45) is 5.92 Å². The standard InChI is InChI=1S/C25H32N4O4/c1-2-33-21-13-19(15-26-16-21)22(14-23(30)31)29-12-10-18(25(29)32)5-3-7-20-9-8-17-6-4-11-27-24(17)28-20/h8-9,13,15-16,18,22H,2-7,10-12,14H2,1H3,(H,27,28)(H,30,31)/t18?,22-/m0/s1. The molecule has 2 aromatic heterocycles. The Morgan fingerprint density at radius 3 is 3.06 bits per heavy atom. The lowest BCUT2D eigenvalue weighted by Crippen LogP contribution is -2.33. The number of carbonyl (C=O) groups excluding carboxylic acids is 1. The minimum Gasteiger partial charge on any atom is -0.492 e. The van der Waals surface area contributed by atoms with Crippen LogP contribution in [0.2, 0.25) is 0 Å². The molecule has 0 bridgehead atoms. The maximum absolute atomic E-state index is 13.2. The molecule has 0 aromatic carbocycles. The number of aromatic nitrogens is 2. The lowest BCUT2D eigenvalue weighted by Gasteiger charge is -2.27. The van der Waals surface area contributed by atoms with Gasteiger partial charge in [-0.25, -0.2) is 4.98 Å². The molecule has 1 unspecified atom stereocenters. The first-order valence-electron chi connectivity index (χ1n) is 11.9. The van der Waals surface area contributed by atoms with E-state index in [1.54, 1.807) is 23.4 Å². The highest BCUT2D eigenvalue weighted by molar-refractivity contribution is 5.82. The van der Waals surface area contributed by atoms with Crippen molar-refractivity contribution in [1.29, 1.82) is 0 Å². The third kappa shape index (κ3) is 5.61. The van der Waals surface area contributed by atoms with E-state index in [9.17, 15) is 14.7 Å². The van der Waals surface area contributed by atoms with Crippen LogP contribution in [-0.2, 0) is 22.4 Å². The number of anilines is 1. The van der Waals surface area contributed by atoms with Crippen molar-refractivity contribution in [3.63, 3.8) is 0 Å². The van der Waals surface area contributed by atoms with E-state index in [0.717, 1.165) is 56.6 Å². The summed E-state index contributed by atoms with van der Waals surface area (Å²) >= 11 is 0. The second kappa shape index (κ2) is 10.6. The molecule has 8 nitrogen and oxygen atoms in total. The van der Waals surface area contributed by atoms with Crippen LogP contribution < -0.4 is 10.1 Å². The normalized spacial score (nSPS) is 18.5. The molecule has 0 aliphatic carbocycles. The van der Waals surface area contributed by atoms with E-state index < -0.39 is 12.0 Å². The number of carbonyl (C=O) groups is 2. The predicted octanol–water partition coefficient (Wildman–Crippen LogP) is 3.62. The van der Waals surface area contributed by atoms with Crippen LogP contribution in [0.3, 0.4) is 0 Å². The van der Waals surface area contributed by atoms with Crippen LogP contribution in [-0.4, -0.2) is 51.5 Å². The molecule has 1 saturated heterocycles. The van der Waals surface area contributed by atoms with Crippen LogP contribution in [0.4, 0.5) is 5.82 Å².